The summed E-state index contributed by atoms with van der Waals surface area (Å²) in [6.45, 7) is 4.13. The second-order valence-electron chi connectivity index (χ2n) is 4.55. The summed E-state index contributed by atoms with van der Waals surface area (Å²) >= 11 is 0. The Kier molecular flexibility index (Phi) is 7.19. The highest BCUT2D eigenvalue weighted by Crippen LogP contribution is 2.14. The molecule has 3 unspecified atom stereocenters. The Labute approximate surface area is 108 Å². The van der Waals surface area contributed by atoms with E-state index < -0.39 is 0 Å². The first kappa shape index (κ1) is 15.4. The fourth-order valence-corrected chi connectivity index (χ4v) is 1.99. The van der Waals surface area contributed by atoms with E-state index in [-0.39, 0.29) is 30.5 Å². The summed E-state index contributed by atoms with van der Waals surface area (Å²) in [5.41, 5.74) is 0. The van der Waals surface area contributed by atoms with Crippen LogP contribution in [0.2, 0.25) is 0 Å². The number of methoxy groups -OCH3 is 1. The molecule has 0 aliphatic carbocycles. The molecular formula is C12H24N2O4. The maximum Gasteiger partial charge on any atom is 0.227 e. The molecule has 18 heavy (non-hydrogen) atoms. The number of carbonyl (C=O) groups excluding carboxylic acids is 1. The van der Waals surface area contributed by atoms with Gasteiger partial charge in [0, 0.05) is 13.2 Å². The van der Waals surface area contributed by atoms with Crippen molar-refractivity contribution in [2.24, 2.45) is 5.92 Å². The normalized spacial score (nSPS) is 25.1. The van der Waals surface area contributed by atoms with Crippen molar-refractivity contribution in [2.45, 2.75) is 25.4 Å². The Morgan fingerprint density at radius 2 is 2.33 bits per heavy atom. The molecule has 6 nitrogen and oxygen atoms in total. The van der Waals surface area contributed by atoms with E-state index in [1.54, 1.807) is 7.11 Å². The van der Waals surface area contributed by atoms with Crippen molar-refractivity contribution < 1.29 is 19.4 Å². The molecule has 106 valence electrons. The van der Waals surface area contributed by atoms with Crippen LogP contribution in [-0.2, 0) is 14.3 Å². The molecule has 6 heteroatoms. The minimum Gasteiger partial charge on any atom is -0.394 e. The molecule has 0 aromatic rings. The second kappa shape index (κ2) is 8.42. The maximum atomic E-state index is 12.1. The van der Waals surface area contributed by atoms with E-state index in [0.717, 1.165) is 13.0 Å². The first-order valence-corrected chi connectivity index (χ1v) is 6.44. The highest BCUT2D eigenvalue weighted by atomic mass is 16.5. The summed E-state index contributed by atoms with van der Waals surface area (Å²) in [6, 6.07) is -0.290. The molecule has 0 bridgehead atoms. The van der Waals surface area contributed by atoms with Gasteiger partial charge in [-0.1, -0.05) is 6.92 Å². The van der Waals surface area contributed by atoms with E-state index in [2.05, 4.69) is 17.6 Å². The van der Waals surface area contributed by atoms with Gasteiger partial charge in [0.1, 0.15) is 0 Å². The zero-order valence-corrected chi connectivity index (χ0v) is 11.1. The van der Waals surface area contributed by atoms with Crippen LogP contribution in [0.25, 0.3) is 0 Å². The van der Waals surface area contributed by atoms with Gasteiger partial charge in [0.05, 0.1) is 38.4 Å². The predicted octanol–water partition coefficient (Wildman–Crippen LogP) is -0.875. The first-order valence-electron chi connectivity index (χ1n) is 6.44. The Morgan fingerprint density at radius 3 is 2.94 bits per heavy atom. The number of hydrogen-bond donors (Lipinski definition) is 3. The number of carbonyl (C=O) groups is 1. The lowest BCUT2D eigenvalue weighted by Gasteiger charge is -2.21. The molecule has 1 fully saturated rings. The molecule has 1 saturated heterocycles. The van der Waals surface area contributed by atoms with Crippen LogP contribution in [0.3, 0.4) is 0 Å². The highest BCUT2D eigenvalue weighted by Gasteiger charge is 2.34. The topological polar surface area (TPSA) is 79.8 Å². The van der Waals surface area contributed by atoms with Gasteiger partial charge in [0.2, 0.25) is 5.91 Å². The molecule has 3 N–H and O–H groups in total. The standard InChI is InChI=1S/C12H24N2O4/c1-3-4-13-11-8-18-7-10(11)12(16)14-9(5-15)6-17-2/h9-11,13,15H,3-8H2,1-2H3,(H,14,16). The molecule has 0 spiro atoms. The SMILES string of the molecule is CCCNC1COCC1C(=O)NC(CO)COC. The Bertz CT molecular complexity index is 250. The lowest BCUT2D eigenvalue weighted by Crippen LogP contribution is -2.49. The van der Waals surface area contributed by atoms with Crippen molar-refractivity contribution in [3.63, 3.8) is 0 Å². The van der Waals surface area contributed by atoms with Crippen LogP contribution in [0.1, 0.15) is 13.3 Å². The molecule has 1 aliphatic heterocycles. The highest BCUT2D eigenvalue weighted by molar-refractivity contribution is 5.80. The number of aliphatic hydroxyl groups is 1. The van der Waals surface area contributed by atoms with Crippen LogP contribution in [0, 0.1) is 5.92 Å². The zero-order chi connectivity index (χ0) is 13.4. The third-order valence-corrected chi connectivity index (χ3v) is 3.01. The summed E-state index contributed by atoms with van der Waals surface area (Å²) in [5, 5.41) is 15.2. The van der Waals surface area contributed by atoms with Gasteiger partial charge in [-0.15, -0.1) is 0 Å². The van der Waals surface area contributed by atoms with Gasteiger partial charge < -0.3 is 25.2 Å². The van der Waals surface area contributed by atoms with Crippen LogP contribution in [0.15, 0.2) is 0 Å². The Hall–Kier alpha value is -0.690. The predicted molar refractivity (Wildman–Crippen MR) is 67.3 cm³/mol. The molecule has 0 radical (unpaired) electrons. The van der Waals surface area contributed by atoms with Crippen LogP contribution in [-0.4, -0.2) is 63.2 Å². The fraction of sp³-hybridized carbons (Fsp3) is 0.917. The summed E-state index contributed by atoms with van der Waals surface area (Å²) in [6.07, 6.45) is 1.02. The molecule has 1 heterocycles. The van der Waals surface area contributed by atoms with Crippen molar-refractivity contribution >= 4 is 5.91 Å². The van der Waals surface area contributed by atoms with Gasteiger partial charge in [0.15, 0.2) is 0 Å². The van der Waals surface area contributed by atoms with Gasteiger partial charge in [-0.2, -0.15) is 0 Å². The first-order chi connectivity index (χ1) is 8.72. The average molecular weight is 260 g/mol. The van der Waals surface area contributed by atoms with Crippen molar-refractivity contribution in [3.05, 3.63) is 0 Å². The van der Waals surface area contributed by atoms with Gasteiger partial charge in [-0.3, -0.25) is 4.79 Å². The lowest BCUT2D eigenvalue weighted by molar-refractivity contribution is -0.126. The Morgan fingerprint density at radius 1 is 1.56 bits per heavy atom. The van der Waals surface area contributed by atoms with Crippen molar-refractivity contribution in [3.8, 4) is 0 Å². The van der Waals surface area contributed by atoms with E-state index in [9.17, 15) is 4.79 Å². The monoisotopic (exact) mass is 260 g/mol. The number of nitrogens with one attached hydrogen (secondary N) is 2. The molecule has 0 saturated carbocycles. The molecule has 3 atom stereocenters. The van der Waals surface area contributed by atoms with E-state index in [4.69, 9.17) is 14.6 Å². The van der Waals surface area contributed by atoms with Crippen LogP contribution in [0.4, 0.5) is 0 Å². The molecule has 1 aliphatic rings. The van der Waals surface area contributed by atoms with Crippen molar-refractivity contribution in [1.29, 1.82) is 0 Å². The van der Waals surface area contributed by atoms with Crippen molar-refractivity contribution in [1.82, 2.24) is 10.6 Å². The van der Waals surface area contributed by atoms with Gasteiger partial charge >= 0.3 is 0 Å². The van der Waals surface area contributed by atoms with E-state index in [1.165, 1.54) is 0 Å². The maximum absolute atomic E-state index is 12.1. The smallest absolute Gasteiger partial charge is 0.227 e. The van der Waals surface area contributed by atoms with Crippen LogP contribution >= 0.6 is 0 Å². The van der Waals surface area contributed by atoms with E-state index in [0.29, 0.717) is 19.8 Å². The van der Waals surface area contributed by atoms with Crippen LogP contribution < -0.4 is 10.6 Å². The van der Waals surface area contributed by atoms with Gasteiger partial charge in [-0.05, 0) is 13.0 Å². The lowest BCUT2D eigenvalue weighted by atomic mass is 10.0. The molecule has 1 amide bonds. The summed E-state index contributed by atoms with van der Waals surface area (Å²) in [5.74, 6) is -0.278. The number of amides is 1. The molecule has 1 rings (SSSR count). The summed E-state index contributed by atoms with van der Waals surface area (Å²) < 4.78 is 10.3. The molecule has 0 aromatic carbocycles. The largest absolute Gasteiger partial charge is 0.394 e. The van der Waals surface area contributed by atoms with Gasteiger partial charge in [-0.25, -0.2) is 0 Å². The second-order valence-corrected chi connectivity index (χ2v) is 4.55. The number of hydrogen-bond acceptors (Lipinski definition) is 5. The third-order valence-electron chi connectivity index (χ3n) is 3.01. The van der Waals surface area contributed by atoms with Gasteiger partial charge in [0.25, 0.3) is 0 Å². The molecule has 0 aromatic heterocycles. The summed E-state index contributed by atoms with van der Waals surface area (Å²) in [4.78, 5) is 12.1. The Balaban J connectivity index is 2.43. The minimum absolute atomic E-state index is 0.0619. The minimum atomic E-state index is -0.352. The van der Waals surface area contributed by atoms with E-state index in [1.807, 2.05) is 0 Å². The zero-order valence-electron chi connectivity index (χ0n) is 11.1. The van der Waals surface area contributed by atoms with Crippen molar-refractivity contribution in [2.75, 3.05) is 40.1 Å². The molecular weight excluding hydrogens is 236 g/mol. The fourth-order valence-electron chi connectivity index (χ4n) is 1.99. The number of aliphatic hydroxyl groups excluding tert-OH is 1. The van der Waals surface area contributed by atoms with Crippen LogP contribution in [0.5, 0.6) is 0 Å². The quantitative estimate of drug-likeness (QED) is 0.528. The third kappa shape index (κ3) is 4.53. The average Bonchev–Trinajstić information content (AvgIpc) is 2.84. The number of rotatable bonds is 8. The summed E-state index contributed by atoms with van der Waals surface area (Å²) in [7, 11) is 1.54. The number of ether oxygens (including phenoxy) is 2. The van der Waals surface area contributed by atoms with E-state index >= 15 is 0 Å².